The van der Waals surface area contributed by atoms with Gasteiger partial charge in [-0.3, -0.25) is 4.98 Å². The van der Waals surface area contributed by atoms with E-state index in [4.69, 9.17) is 16.5 Å². The molecule has 0 aliphatic heterocycles. The van der Waals surface area contributed by atoms with E-state index in [1.165, 1.54) is 82.6 Å². The van der Waals surface area contributed by atoms with E-state index >= 15 is 0 Å². The zero-order valence-corrected chi connectivity index (χ0v) is 36.8. The number of hydrogen-bond donors (Lipinski definition) is 2. The summed E-state index contributed by atoms with van der Waals surface area (Å²) in [6, 6.07) is 27.2. The number of hydrogen-bond acceptors (Lipinski definition) is 4. The second-order valence-electron chi connectivity index (χ2n) is 17.3. The minimum absolute atomic E-state index is 0.749. The number of aromatic nitrogens is 4. The van der Waals surface area contributed by atoms with Crippen molar-refractivity contribution in [2.24, 2.45) is 11.5 Å². The molecular formula is C58H52N6. The fourth-order valence-electron chi connectivity index (χ4n) is 10.7. The Labute approximate surface area is 374 Å². The zero-order valence-electron chi connectivity index (χ0n) is 36.8. The van der Waals surface area contributed by atoms with Crippen LogP contribution in [0.2, 0.25) is 0 Å². The maximum absolute atomic E-state index is 6.83. The van der Waals surface area contributed by atoms with Gasteiger partial charge in [0.05, 0.1) is 51.0 Å². The molecule has 314 valence electrons. The van der Waals surface area contributed by atoms with E-state index in [0.717, 1.165) is 90.1 Å². The zero-order chi connectivity index (χ0) is 43.5. The van der Waals surface area contributed by atoms with Crippen LogP contribution in [-0.4, -0.2) is 19.1 Å². The van der Waals surface area contributed by atoms with Crippen LogP contribution >= 0.6 is 0 Å². The SMILES string of the molecule is C/C=C\C(=C/N)n1c2ccc(/C(N)=C/C=C3/C=CC=CC3)cc2c2cc3c4c(c21)CCc1c-4c(cc2c4cc(-c5ccc(CC)c(/C=C\CC)n5)ccc4n(-c4cccnc4)c12)CC3. The Kier molecular flexibility index (Phi) is 9.87. The molecule has 0 bridgehead atoms. The van der Waals surface area contributed by atoms with Gasteiger partial charge >= 0.3 is 0 Å². The average Bonchev–Trinajstić information content (AvgIpc) is 3.85. The van der Waals surface area contributed by atoms with Gasteiger partial charge < -0.3 is 20.6 Å². The van der Waals surface area contributed by atoms with Crippen molar-refractivity contribution >= 4 is 61.1 Å². The van der Waals surface area contributed by atoms with Crippen LogP contribution in [-0.2, 0) is 32.1 Å². The Balaban J connectivity index is 1.15. The van der Waals surface area contributed by atoms with Gasteiger partial charge in [0, 0.05) is 45.2 Å². The lowest BCUT2D eigenvalue weighted by Gasteiger charge is -2.31. The number of rotatable bonds is 9. The van der Waals surface area contributed by atoms with Crippen LogP contribution in [0.15, 0.2) is 152 Å². The van der Waals surface area contributed by atoms with Crippen LogP contribution in [0.4, 0.5) is 0 Å². The van der Waals surface area contributed by atoms with Gasteiger partial charge in [0.1, 0.15) is 0 Å². The molecule has 0 unspecified atom stereocenters. The molecule has 4 heterocycles. The van der Waals surface area contributed by atoms with Crippen LogP contribution in [0, 0.1) is 0 Å². The molecule has 8 aromatic rings. The molecule has 0 amide bonds. The largest absolute Gasteiger partial charge is 0.403 e. The van der Waals surface area contributed by atoms with Crippen molar-refractivity contribution in [1.29, 1.82) is 0 Å². The van der Waals surface area contributed by atoms with E-state index in [9.17, 15) is 0 Å². The fourth-order valence-corrected chi connectivity index (χ4v) is 10.7. The van der Waals surface area contributed by atoms with E-state index in [-0.39, 0.29) is 0 Å². The number of aryl methyl sites for hydroxylation is 5. The molecule has 3 aliphatic rings. The Morgan fingerprint density at radius 3 is 2.31 bits per heavy atom. The summed E-state index contributed by atoms with van der Waals surface area (Å²) in [4.78, 5) is 9.85. The summed E-state index contributed by atoms with van der Waals surface area (Å²) >= 11 is 0. The number of pyridine rings is 2. The summed E-state index contributed by atoms with van der Waals surface area (Å²) in [7, 11) is 0. The summed E-state index contributed by atoms with van der Waals surface area (Å²) in [5.41, 5.74) is 36.1. The molecule has 0 fully saturated rings. The van der Waals surface area contributed by atoms with Crippen molar-refractivity contribution in [3.8, 4) is 28.1 Å². The third kappa shape index (κ3) is 6.30. The molecule has 4 aromatic carbocycles. The molecule has 11 rings (SSSR count). The summed E-state index contributed by atoms with van der Waals surface area (Å²) < 4.78 is 4.86. The molecular weight excluding hydrogens is 781 g/mol. The Hall–Kier alpha value is -7.44. The lowest BCUT2D eigenvalue weighted by atomic mass is 9.74. The first-order chi connectivity index (χ1) is 31.5. The maximum Gasteiger partial charge on any atom is 0.0709 e. The number of nitrogens with zero attached hydrogens (tertiary/aromatic N) is 4. The van der Waals surface area contributed by atoms with Crippen LogP contribution in [0.3, 0.4) is 0 Å². The number of nitrogens with two attached hydrogens (primary N) is 2. The van der Waals surface area contributed by atoms with Crippen molar-refractivity contribution in [1.82, 2.24) is 19.1 Å². The smallest absolute Gasteiger partial charge is 0.0709 e. The standard InChI is InChI=1S/C58H52N6/c1-4-7-16-51-37(6-3)20-26-52(62-51)39-22-28-54-47(31-39)49-33-41-19-18-40-32-48-46-30-38(50(60)25-17-36-13-9-8-10-14-36)21-27-53(46)63(42(34-59)12-5-2)57(48)44-23-24-45(56(41)55(40)44)58(49)64(54)43-15-11-29-61-35-43/h5,7-13,15-17,20-22,25-35H,4,6,14,18-19,23-24,59-60H2,1-3H3/b12-5-,16-7-,36-17-,42-34+,50-25-. The van der Waals surface area contributed by atoms with Crippen LogP contribution in [0.1, 0.15) is 72.7 Å². The first-order valence-corrected chi connectivity index (χ1v) is 22.9. The number of allylic oxidation sites excluding steroid dienone is 11. The van der Waals surface area contributed by atoms with Gasteiger partial charge in [-0.25, -0.2) is 4.98 Å². The maximum atomic E-state index is 6.83. The van der Waals surface area contributed by atoms with Gasteiger partial charge in [-0.15, -0.1) is 0 Å². The van der Waals surface area contributed by atoms with Crippen molar-refractivity contribution in [2.75, 3.05) is 0 Å². The lowest BCUT2D eigenvalue weighted by Crippen LogP contribution is -2.16. The molecule has 6 nitrogen and oxygen atoms in total. The second-order valence-corrected chi connectivity index (χ2v) is 17.3. The summed E-state index contributed by atoms with van der Waals surface area (Å²) in [6.07, 6.45) is 33.4. The fraction of sp³-hybridized carbons (Fsp3) is 0.172. The van der Waals surface area contributed by atoms with Gasteiger partial charge in [-0.1, -0.05) is 74.6 Å². The average molecular weight is 833 g/mol. The summed E-state index contributed by atoms with van der Waals surface area (Å²) in [5.74, 6) is 0. The van der Waals surface area contributed by atoms with E-state index in [0.29, 0.717) is 0 Å². The summed E-state index contributed by atoms with van der Waals surface area (Å²) in [6.45, 7) is 6.42. The summed E-state index contributed by atoms with van der Waals surface area (Å²) in [5, 5.41) is 4.97. The van der Waals surface area contributed by atoms with Crippen LogP contribution in [0.5, 0.6) is 0 Å². The topological polar surface area (TPSA) is 87.7 Å². The first kappa shape index (κ1) is 39.4. The molecule has 4 aromatic heterocycles. The molecule has 0 spiro atoms. The Bertz CT molecular complexity index is 3450. The Morgan fingerprint density at radius 1 is 0.812 bits per heavy atom. The molecule has 64 heavy (non-hydrogen) atoms. The number of benzene rings is 4. The third-order valence-corrected chi connectivity index (χ3v) is 13.6. The molecule has 0 saturated heterocycles. The minimum Gasteiger partial charge on any atom is -0.403 e. The van der Waals surface area contributed by atoms with Crippen molar-refractivity contribution in [3.63, 3.8) is 0 Å². The van der Waals surface area contributed by atoms with E-state index < -0.39 is 0 Å². The highest BCUT2D eigenvalue weighted by Crippen LogP contribution is 2.51. The highest BCUT2D eigenvalue weighted by Gasteiger charge is 2.33. The van der Waals surface area contributed by atoms with Crippen molar-refractivity contribution in [3.05, 3.63) is 191 Å². The van der Waals surface area contributed by atoms with Gasteiger partial charge in [0.2, 0.25) is 0 Å². The monoisotopic (exact) mass is 832 g/mol. The van der Waals surface area contributed by atoms with Crippen LogP contribution in [0.25, 0.3) is 89.2 Å². The van der Waals surface area contributed by atoms with Gasteiger partial charge in [0.15, 0.2) is 0 Å². The normalized spacial score (nSPS) is 15.6. The van der Waals surface area contributed by atoms with E-state index in [2.05, 4.69) is 156 Å². The molecule has 0 radical (unpaired) electrons. The third-order valence-electron chi connectivity index (χ3n) is 13.6. The minimum atomic E-state index is 0.749. The van der Waals surface area contributed by atoms with Gasteiger partial charge in [-0.05, 0) is 175 Å². The highest BCUT2D eigenvalue weighted by atomic mass is 15.0. The number of fused-ring (bicyclic) bond motifs is 8. The van der Waals surface area contributed by atoms with Gasteiger partial charge in [-0.2, -0.15) is 0 Å². The molecule has 6 heteroatoms. The van der Waals surface area contributed by atoms with Crippen molar-refractivity contribution in [2.45, 2.75) is 65.7 Å². The molecule has 0 atom stereocenters. The Morgan fingerprint density at radius 2 is 1.59 bits per heavy atom. The predicted molar refractivity (Wildman–Crippen MR) is 270 cm³/mol. The van der Waals surface area contributed by atoms with Crippen LogP contribution < -0.4 is 11.5 Å². The molecule has 0 saturated carbocycles. The first-order valence-electron chi connectivity index (χ1n) is 22.9. The van der Waals surface area contributed by atoms with E-state index in [1.54, 1.807) is 6.20 Å². The quantitative estimate of drug-likeness (QED) is 0.142. The second kappa shape index (κ2) is 16.0. The molecule has 3 aliphatic carbocycles. The van der Waals surface area contributed by atoms with E-state index in [1.807, 2.05) is 24.5 Å². The predicted octanol–water partition coefficient (Wildman–Crippen LogP) is 13.3. The lowest BCUT2D eigenvalue weighted by molar-refractivity contribution is 0.883. The highest BCUT2D eigenvalue weighted by molar-refractivity contribution is 6.17. The molecule has 4 N–H and O–H groups in total. The van der Waals surface area contributed by atoms with Gasteiger partial charge in [0.25, 0.3) is 0 Å². The van der Waals surface area contributed by atoms with Crippen molar-refractivity contribution < 1.29 is 0 Å².